The molecule has 0 heterocycles. The van der Waals surface area contributed by atoms with E-state index in [-0.39, 0.29) is 12.1 Å². The van der Waals surface area contributed by atoms with Gasteiger partial charge in [-0.15, -0.1) is 0 Å². The van der Waals surface area contributed by atoms with Gasteiger partial charge in [0, 0.05) is 0 Å². The van der Waals surface area contributed by atoms with Gasteiger partial charge in [-0.3, -0.25) is 4.79 Å². The van der Waals surface area contributed by atoms with Gasteiger partial charge < -0.3 is 15.6 Å². The predicted molar refractivity (Wildman–Crippen MR) is 63.0 cm³/mol. The number of rotatable bonds is 2. The van der Waals surface area contributed by atoms with E-state index in [1.165, 1.54) is 0 Å². The Morgan fingerprint density at radius 1 is 1.25 bits per heavy atom. The van der Waals surface area contributed by atoms with Crippen LogP contribution in [-0.2, 0) is 9.53 Å². The lowest BCUT2D eigenvalue weighted by Crippen LogP contribution is -2.30. The van der Waals surface area contributed by atoms with Crippen molar-refractivity contribution in [1.29, 1.82) is 0 Å². The molecular weight excluding hydrogens is 206 g/mol. The number of carbonyl (C=O) groups is 1. The van der Waals surface area contributed by atoms with Crippen molar-refractivity contribution in [3.05, 3.63) is 30.3 Å². The Hall–Kier alpha value is -1.55. The van der Waals surface area contributed by atoms with E-state index in [9.17, 15) is 4.79 Å². The van der Waals surface area contributed by atoms with Crippen molar-refractivity contribution < 1.29 is 14.6 Å². The van der Waals surface area contributed by atoms with Crippen LogP contribution in [0.15, 0.2) is 30.3 Å². The van der Waals surface area contributed by atoms with E-state index in [1.807, 2.05) is 6.07 Å². The molecule has 0 saturated carbocycles. The average molecular weight is 225 g/mol. The second-order valence-corrected chi connectivity index (χ2v) is 3.61. The molecule has 90 valence electrons. The lowest BCUT2D eigenvalue weighted by molar-refractivity contribution is -0.148. The molecule has 16 heavy (non-hydrogen) atoms. The topological polar surface area (TPSA) is 72.5 Å². The Labute approximate surface area is 96.0 Å². The fraction of sp³-hybridized carbons (Fsp3) is 0.417. The first-order chi connectivity index (χ1) is 7.43. The van der Waals surface area contributed by atoms with E-state index < -0.39 is 6.04 Å². The van der Waals surface area contributed by atoms with Gasteiger partial charge in [-0.1, -0.05) is 18.2 Å². The summed E-state index contributed by atoms with van der Waals surface area (Å²) in [4.78, 5) is 10.6. The molecule has 0 saturated heterocycles. The van der Waals surface area contributed by atoms with E-state index in [1.54, 1.807) is 45.0 Å². The first kappa shape index (κ1) is 14.5. The predicted octanol–water partition coefficient (Wildman–Crippen LogP) is 1.68. The van der Waals surface area contributed by atoms with Crippen molar-refractivity contribution in [3.8, 4) is 5.75 Å². The van der Waals surface area contributed by atoms with Crippen LogP contribution in [0.3, 0.4) is 0 Å². The summed E-state index contributed by atoms with van der Waals surface area (Å²) >= 11 is 0. The zero-order chi connectivity index (χ0) is 12.6. The number of ether oxygens (including phenoxy) is 1. The van der Waals surface area contributed by atoms with Gasteiger partial charge in [0.2, 0.25) is 0 Å². The van der Waals surface area contributed by atoms with Crippen LogP contribution in [0.1, 0.15) is 20.8 Å². The highest BCUT2D eigenvalue weighted by Crippen LogP contribution is 2.02. The molecule has 0 aromatic heterocycles. The fourth-order valence-corrected chi connectivity index (χ4v) is 0.768. The first-order valence-corrected chi connectivity index (χ1v) is 5.13. The zero-order valence-corrected chi connectivity index (χ0v) is 9.88. The number of esters is 1. The van der Waals surface area contributed by atoms with Crippen LogP contribution < -0.4 is 5.73 Å². The van der Waals surface area contributed by atoms with Crippen molar-refractivity contribution in [1.82, 2.24) is 0 Å². The van der Waals surface area contributed by atoms with Crippen molar-refractivity contribution in [2.24, 2.45) is 5.73 Å². The molecule has 1 rings (SSSR count). The van der Waals surface area contributed by atoms with Gasteiger partial charge in [-0.25, -0.2) is 0 Å². The SMILES string of the molecule is CC(C)OC(=O)C(C)N.Oc1ccccc1. The summed E-state index contributed by atoms with van der Waals surface area (Å²) in [7, 11) is 0. The molecular formula is C12H19NO3. The third kappa shape index (κ3) is 7.82. The van der Waals surface area contributed by atoms with Gasteiger partial charge in [-0.2, -0.15) is 0 Å². The van der Waals surface area contributed by atoms with E-state index >= 15 is 0 Å². The lowest BCUT2D eigenvalue weighted by atomic mass is 10.3. The van der Waals surface area contributed by atoms with Gasteiger partial charge in [0.1, 0.15) is 11.8 Å². The molecule has 1 aromatic rings. The molecule has 0 bridgehead atoms. The Kier molecular flexibility index (Phi) is 6.96. The molecule has 0 aliphatic heterocycles. The number of aromatic hydroxyl groups is 1. The molecule has 0 aliphatic carbocycles. The standard InChI is InChI=1S/C6H13NO2.C6H6O/c1-4(2)9-6(8)5(3)7;7-6-4-2-1-3-5-6/h4-5H,7H2,1-3H3;1-5,7H. The van der Waals surface area contributed by atoms with Gasteiger partial charge in [-0.05, 0) is 32.9 Å². The molecule has 0 spiro atoms. The number of phenolic OH excluding ortho intramolecular Hbond substituents is 1. The summed E-state index contributed by atoms with van der Waals surface area (Å²) in [6.07, 6.45) is -0.0662. The maximum Gasteiger partial charge on any atom is 0.322 e. The number of hydrogen-bond acceptors (Lipinski definition) is 4. The Balaban J connectivity index is 0.000000288. The zero-order valence-electron chi connectivity index (χ0n) is 9.88. The van der Waals surface area contributed by atoms with E-state index in [0.717, 1.165) is 0 Å². The lowest BCUT2D eigenvalue weighted by Gasteiger charge is -2.08. The summed E-state index contributed by atoms with van der Waals surface area (Å²) in [6.45, 7) is 5.19. The van der Waals surface area contributed by atoms with Crippen LogP contribution >= 0.6 is 0 Å². The largest absolute Gasteiger partial charge is 0.508 e. The van der Waals surface area contributed by atoms with Gasteiger partial charge >= 0.3 is 5.97 Å². The third-order valence-corrected chi connectivity index (χ3v) is 1.48. The first-order valence-electron chi connectivity index (χ1n) is 5.13. The van der Waals surface area contributed by atoms with Crippen molar-refractivity contribution >= 4 is 5.97 Å². The minimum atomic E-state index is -0.507. The Morgan fingerprint density at radius 3 is 1.94 bits per heavy atom. The van der Waals surface area contributed by atoms with Crippen LogP contribution in [0, 0.1) is 0 Å². The molecule has 0 aliphatic rings. The molecule has 1 unspecified atom stereocenters. The smallest absolute Gasteiger partial charge is 0.322 e. The van der Waals surface area contributed by atoms with Crippen molar-refractivity contribution in [2.75, 3.05) is 0 Å². The number of benzene rings is 1. The Bertz CT molecular complexity index is 296. The van der Waals surface area contributed by atoms with Crippen LogP contribution in [0.25, 0.3) is 0 Å². The maximum absolute atomic E-state index is 10.6. The molecule has 0 radical (unpaired) electrons. The quantitative estimate of drug-likeness (QED) is 0.751. The number of carbonyl (C=O) groups excluding carboxylic acids is 1. The molecule has 0 fully saturated rings. The van der Waals surface area contributed by atoms with Gasteiger partial charge in [0.15, 0.2) is 0 Å². The minimum Gasteiger partial charge on any atom is -0.508 e. The van der Waals surface area contributed by atoms with E-state index in [4.69, 9.17) is 15.6 Å². The fourth-order valence-electron chi connectivity index (χ4n) is 0.768. The molecule has 1 aromatic carbocycles. The average Bonchev–Trinajstić information content (AvgIpc) is 2.18. The minimum absolute atomic E-state index is 0.0662. The third-order valence-electron chi connectivity index (χ3n) is 1.48. The van der Waals surface area contributed by atoms with Crippen LogP contribution in [0.4, 0.5) is 0 Å². The van der Waals surface area contributed by atoms with E-state index in [0.29, 0.717) is 5.75 Å². The number of para-hydroxylation sites is 1. The summed E-state index contributed by atoms with van der Waals surface area (Å²) in [5.74, 6) is -0.0208. The highest BCUT2D eigenvalue weighted by molar-refractivity contribution is 5.74. The van der Waals surface area contributed by atoms with Crippen LogP contribution in [-0.4, -0.2) is 23.2 Å². The highest BCUT2D eigenvalue weighted by atomic mass is 16.5. The number of hydrogen-bond donors (Lipinski definition) is 2. The second kappa shape index (κ2) is 7.70. The monoisotopic (exact) mass is 225 g/mol. The maximum atomic E-state index is 10.6. The van der Waals surface area contributed by atoms with Crippen LogP contribution in [0.2, 0.25) is 0 Å². The molecule has 1 atom stereocenters. The number of nitrogens with two attached hydrogens (primary N) is 1. The van der Waals surface area contributed by atoms with Crippen LogP contribution in [0.5, 0.6) is 5.75 Å². The molecule has 0 amide bonds. The summed E-state index contributed by atoms with van der Waals surface area (Å²) < 4.78 is 4.75. The normalized spacial score (nSPS) is 11.3. The summed E-state index contributed by atoms with van der Waals surface area (Å²) in [5.41, 5.74) is 5.21. The van der Waals surface area contributed by atoms with Crippen molar-refractivity contribution in [3.63, 3.8) is 0 Å². The second-order valence-electron chi connectivity index (χ2n) is 3.61. The highest BCUT2D eigenvalue weighted by Gasteiger charge is 2.09. The number of phenols is 1. The Morgan fingerprint density at radius 2 is 1.75 bits per heavy atom. The molecule has 3 N–H and O–H groups in total. The molecule has 4 heteroatoms. The van der Waals surface area contributed by atoms with Crippen molar-refractivity contribution in [2.45, 2.75) is 32.9 Å². The van der Waals surface area contributed by atoms with Gasteiger partial charge in [0.25, 0.3) is 0 Å². The summed E-state index contributed by atoms with van der Waals surface area (Å²) in [6, 6.07) is 8.21. The van der Waals surface area contributed by atoms with E-state index in [2.05, 4.69) is 0 Å². The van der Waals surface area contributed by atoms with Gasteiger partial charge in [0.05, 0.1) is 6.10 Å². The summed E-state index contributed by atoms with van der Waals surface area (Å²) in [5, 5.41) is 8.63. The molecule has 4 nitrogen and oxygen atoms in total.